The largest absolute Gasteiger partial charge is 0.419 e. The molecule has 140 valence electrons. The van der Waals surface area contributed by atoms with Crippen molar-refractivity contribution < 1.29 is 26.3 Å². The average Bonchev–Trinajstić information content (AvgIpc) is 2.53. The van der Waals surface area contributed by atoms with Gasteiger partial charge in [0.1, 0.15) is 17.5 Å². The zero-order valence-electron chi connectivity index (χ0n) is 14.1. The Morgan fingerprint density at radius 2 is 1.38 bits per heavy atom. The van der Waals surface area contributed by atoms with Gasteiger partial charge < -0.3 is 0 Å². The van der Waals surface area contributed by atoms with Crippen LogP contribution in [0.5, 0.6) is 0 Å². The van der Waals surface area contributed by atoms with Crippen molar-refractivity contribution in [3.63, 3.8) is 0 Å². The molecule has 0 saturated heterocycles. The van der Waals surface area contributed by atoms with Crippen molar-refractivity contribution in [1.82, 2.24) is 0 Å². The van der Waals surface area contributed by atoms with E-state index in [-0.39, 0.29) is 11.5 Å². The quantitative estimate of drug-likeness (QED) is 0.494. The molecule has 0 amide bonds. The first-order valence-corrected chi connectivity index (χ1v) is 8.53. The molecule has 1 aliphatic carbocycles. The molecular formula is C20H18F6. The van der Waals surface area contributed by atoms with Crippen molar-refractivity contribution in [1.29, 1.82) is 0 Å². The number of hydrogen-bond acceptors (Lipinski definition) is 0. The predicted molar refractivity (Wildman–Crippen MR) is 87.1 cm³/mol. The van der Waals surface area contributed by atoms with E-state index in [9.17, 15) is 26.3 Å². The molecule has 0 unspecified atom stereocenters. The molecule has 3 rings (SSSR count). The van der Waals surface area contributed by atoms with Crippen molar-refractivity contribution >= 4 is 0 Å². The van der Waals surface area contributed by atoms with Crippen molar-refractivity contribution in [2.45, 2.75) is 44.7 Å². The Balaban J connectivity index is 1.95. The summed E-state index contributed by atoms with van der Waals surface area (Å²) in [4.78, 5) is 0. The minimum atomic E-state index is -4.86. The lowest BCUT2D eigenvalue weighted by Gasteiger charge is -2.26. The van der Waals surface area contributed by atoms with Gasteiger partial charge in [-0.1, -0.05) is 25.8 Å². The standard InChI is InChI=1S/C20H18F6/c1-11-2-4-12(5-3-11)14-9-17(22)19(18(23)10-14)13-6-7-15(16(21)8-13)20(24,25)26/h6-12H,2-5H2,1H3. The maximum atomic E-state index is 14.5. The number of rotatable bonds is 2. The van der Waals surface area contributed by atoms with Crippen molar-refractivity contribution in [3.05, 3.63) is 58.9 Å². The van der Waals surface area contributed by atoms with Crippen LogP contribution in [0.25, 0.3) is 11.1 Å². The van der Waals surface area contributed by atoms with E-state index in [1.807, 2.05) is 0 Å². The fourth-order valence-corrected chi connectivity index (χ4v) is 3.60. The molecule has 26 heavy (non-hydrogen) atoms. The molecule has 0 aliphatic heterocycles. The lowest BCUT2D eigenvalue weighted by atomic mass is 9.79. The van der Waals surface area contributed by atoms with E-state index < -0.39 is 34.8 Å². The Kier molecular flexibility index (Phi) is 5.04. The summed E-state index contributed by atoms with van der Waals surface area (Å²) in [6.07, 6.45) is -1.20. The molecule has 0 atom stereocenters. The highest BCUT2D eigenvalue weighted by atomic mass is 19.4. The van der Waals surface area contributed by atoms with Gasteiger partial charge in [-0.2, -0.15) is 13.2 Å². The van der Waals surface area contributed by atoms with E-state index in [4.69, 9.17) is 0 Å². The summed E-state index contributed by atoms with van der Waals surface area (Å²) < 4.78 is 80.7. The summed E-state index contributed by atoms with van der Waals surface area (Å²) in [5.74, 6) is -2.68. The topological polar surface area (TPSA) is 0 Å². The van der Waals surface area contributed by atoms with Crippen LogP contribution >= 0.6 is 0 Å². The molecule has 0 N–H and O–H groups in total. The van der Waals surface area contributed by atoms with Crippen LogP contribution in [0.3, 0.4) is 0 Å². The van der Waals surface area contributed by atoms with Crippen LogP contribution in [0.2, 0.25) is 0 Å². The number of hydrogen-bond donors (Lipinski definition) is 0. The predicted octanol–water partition coefficient (Wildman–Crippen LogP) is 7.08. The minimum absolute atomic E-state index is 0.0635. The normalized spacial score (nSPS) is 21.0. The van der Waals surface area contributed by atoms with Crippen molar-refractivity contribution in [2.75, 3.05) is 0 Å². The van der Waals surface area contributed by atoms with E-state index in [0.29, 0.717) is 23.6 Å². The van der Waals surface area contributed by atoms with E-state index in [1.165, 1.54) is 12.1 Å². The Morgan fingerprint density at radius 3 is 1.88 bits per heavy atom. The molecule has 0 aromatic heterocycles. The highest BCUT2D eigenvalue weighted by molar-refractivity contribution is 5.66. The third kappa shape index (κ3) is 3.74. The Hall–Kier alpha value is -1.98. The van der Waals surface area contributed by atoms with Gasteiger partial charge in [-0.15, -0.1) is 0 Å². The first-order chi connectivity index (χ1) is 12.2. The van der Waals surface area contributed by atoms with Gasteiger partial charge in [0.25, 0.3) is 0 Å². The molecule has 0 spiro atoms. The van der Waals surface area contributed by atoms with Crippen LogP contribution in [0.4, 0.5) is 26.3 Å². The Morgan fingerprint density at radius 1 is 0.808 bits per heavy atom. The van der Waals surface area contributed by atoms with Gasteiger partial charge in [-0.3, -0.25) is 0 Å². The van der Waals surface area contributed by atoms with Crippen LogP contribution in [0.15, 0.2) is 30.3 Å². The summed E-state index contributed by atoms with van der Waals surface area (Å²) in [6.45, 7) is 2.14. The highest BCUT2D eigenvalue weighted by Crippen LogP contribution is 2.39. The zero-order valence-corrected chi connectivity index (χ0v) is 14.1. The maximum absolute atomic E-state index is 14.5. The van der Waals surface area contributed by atoms with Crippen LogP contribution in [-0.4, -0.2) is 0 Å². The summed E-state index contributed by atoms with van der Waals surface area (Å²) in [5, 5.41) is 0. The third-order valence-corrected chi connectivity index (χ3v) is 5.11. The van der Waals surface area contributed by atoms with Crippen molar-refractivity contribution in [2.24, 2.45) is 5.92 Å². The molecule has 0 heterocycles. The first kappa shape index (κ1) is 18.8. The molecule has 1 aliphatic rings. The Bertz CT molecular complexity index is 777. The van der Waals surface area contributed by atoms with E-state index in [1.54, 1.807) is 0 Å². The first-order valence-electron chi connectivity index (χ1n) is 8.53. The molecule has 1 fully saturated rings. The molecule has 1 saturated carbocycles. The second-order valence-corrected chi connectivity index (χ2v) is 7.01. The van der Waals surface area contributed by atoms with E-state index in [0.717, 1.165) is 31.7 Å². The van der Waals surface area contributed by atoms with Crippen molar-refractivity contribution in [3.8, 4) is 11.1 Å². The van der Waals surface area contributed by atoms with Gasteiger partial charge in [-0.05, 0) is 60.1 Å². The summed E-state index contributed by atoms with van der Waals surface area (Å²) in [6, 6.07) is 4.34. The fourth-order valence-electron chi connectivity index (χ4n) is 3.60. The average molecular weight is 372 g/mol. The molecule has 0 nitrogen and oxygen atoms in total. The molecule has 2 aromatic carbocycles. The van der Waals surface area contributed by atoms with E-state index in [2.05, 4.69) is 6.92 Å². The lowest BCUT2D eigenvalue weighted by molar-refractivity contribution is -0.139. The number of benzene rings is 2. The minimum Gasteiger partial charge on any atom is -0.206 e. The molecule has 0 radical (unpaired) electrons. The fraction of sp³-hybridized carbons (Fsp3) is 0.400. The van der Waals surface area contributed by atoms with Gasteiger partial charge in [0.2, 0.25) is 0 Å². The van der Waals surface area contributed by atoms with Gasteiger partial charge in [-0.25, -0.2) is 13.2 Å². The molecule has 2 aromatic rings. The van der Waals surface area contributed by atoms with Gasteiger partial charge in [0.15, 0.2) is 0 Å². The van der Waals surface area contributed by atoms with Crippen LogP contribution in [-0.2, 0) is 6.18 Å². The zero-order chi connectivity index (χ0) is 19.1. The van der Waals surface area contributed by atoms with Gasteiger partial charge in [0.05, 0.1) is 11.1 Å². The molecule has 6 heteroatoms. The maximum Gasteiger partial charge on any atom is 0.419 e. The number of alkyl halides is 3. The summed E-state index contributed by atoms with van der Waals surface area (Å²) >= 11 is 0. The highest BCUT2D eigenvalue weighted by Gasteiger charge is 2.34. The summed E-state index contributed by atoms with van der Waals surface area (Å²) in [7, 11) is 0. The SMILES string of the molecule is CC1CCC(c2cc(F)c(-c3ccc(C(F)(F)F)c(F)c3)c(F)c2)CC1. The van der Waals surface area contributed by atoms with Crippen LogP contribution < -0.4 is 0 Å². The lowest BCUT2D eigenvalue weighted by Crippen LogP contribution is -2.11. The molecular weight excluding hydrogens is 354 g/mol. The Labute approximate surface area is 147 Å². The second-order valence-electron chi connectivity index (χ2n) is 7.01. The monoisotopic (exact) mass is 372 g/mol. The second kappa shape index (κ2) is 6.97. The number of halogens is 6. The third-order valence-electron chi connectivity index (χ3n) is 5.11. The van der Waals surface area contributed by atoms with Gasteiger partial charge in [0, 0.05) is 0 Å². The van der Waals surface area contributed by atoms with Crippen LogP contribution in [0, 0.1) is 23.4 Å². The van der Waals surface area contributed by atoms with Crippen LogP contribution in [0.1, 0.15) is 49.7 Å². The smallest absolute Gasteiger partial charge is 0.206 e. The van der Waals surface area contributed by atoms with E-state index >= 15 is 0 Å². The summed E-state index contributed by atoms with van der Waals surface area (Å²) in [5.41, 5.74) is -1.68. The van der Waals surface area contributed by atoms with Gasteiger partial charge >= 0.3 is 6.18 Å². The molecule has 0 bridgehead atoms.